The molecule has 0 spiro atoms. The first-order valence-electron chi connectivity index (χ1n) is 12.3. The molecular weight excluding hydrogens is 462 g/mol. The van der Waals surface area contributed by atoms with Gasteiger partial charge in [-0.1, -0.05) is 47.1 Å². The van der Waals surface area contributed by atoms with E-state index in [0.717, 1.165) is 21.6 Å². The summed E-state index contributed by atoms with van der Waals surface area (Å²) < 4.78 is 1.05. The Balaban J connectivity index is 2.21. The van der Waals surface area contributed by atoms with Crippen LogP contribution in [0.15, 0.2) is 18.2 Å². The molecule has 1 aromatic carbocycles. The number of hydrogen-bond acceptors (Lipinski definition) is 6. The Kier molecular flexibility index (Phi) is 10.6. The van der Waals surface area contributed by atoms with Crippen LogP contribution in [0, 0.1) is 23.2 Å². The van der Waals surface area contributed by atoms with Gasteiger partial charge in [0.15, 0.2) is 0 Å². The zero-order chi connectivity index (χ0) is 26.1. The number of nitrogens with zero attached hydrogens (tertiary/aromatic N) is 2. The monoisotopic (exact) mass is 499 g/mol. The lowest BCUT2D eigenvalue weighted by Gasteiger charge is -2.27. The molecule has 3 amide bonds. The summed E-state index contributed by atoms with van der Waals surface area (Å²) in [5, 5.41) is 18.3. The fourth-order valence-electron chi connectivity index (χ4n) is 3.50. The lowest BCUT2D eigenvalue weighted by molar-refractivity contribution is -0.129. The molecule has 0 bridgehead atoms. The minimum Gasteiger partial charge on any atom is -0.353 e. The third kappa shape index (κ3) is 8.03. The number of carbonyl (C=O) groups is 3. The van der Waals surface area contributed by atoms with Crippen molar-refractivity contribution in [1.82, 2.24) is 20.9 Å². The standard InChI is InChI=1S/C26H37N5O3S/c1-7-16(5)21(14-28-25(33)17(6)13-27)31-26(34)20(29-23(32)8-2)12-24-30-19-10-9-18(15(3)4)11-22(19)35-24/h9-11,15-17,20-21H,7-8,12,14H2,1-6H3,(H,28,33)(H,29,32)(H,31,34)/t16-,17?,20-,21+/m0/s1. The summed E-state index contributed by atoms with van der Waals surface area (Å²) in [4.78, 5) is 42.3. The zero-order valence-electron chi connectivity index (χ0n) is 21.5. The van der Waals surface area contributed by atoms with E-state index >= 15 is 0 Å². The second kappa shape index (κ2) is 13.2. The van der Waals surface area contributed by atoms with E-state index in [4.69, 9.17) is 5.26 Å². The molecule has 1 unspecified atom stereocenters. The van der Waals surface area contributed by atoms with Crippen LogP contribution in [0.1, 0.15) is 70.9 Å². The number of amides is 3. The minimum absolute atomic E-state index is 0.0797. The van der Waals surface area contributed by atoms with Gasteiger partial charge in [0.25, 0.3) is 0 Å². The van der Waals surface area contributed by atoms with Gasteiger partial charge in [-0.15, -0.1) is 11.3 Å². The highest BCUT2D eigenvalue weighted by molar-refractivity contribution is 7.18. The molecule has 35 heavy (non-hydrogen) atoms. The Morgan fingerprint density at radius 2 is 1.80 bits per heavy atom. The molecule has 0 aliphatic rings. The topological polar surface area (TPSA) is 124 Å². The fourth-order valence-corrected chi connectivity index (χ4v) is 4.56. The normalized spacial score (nSPS) is 14.6. The van der Waals surface area contributed by atoms with Gasteiger partial charge < -0.3 is 16.0 Å². The van der Waals surface area contributed by atoms with E-state index < -0.39 is 12.0 Å². The van der Waals surface area contributed by atoms with Gasteiger partial charge in [-0.05, 0) is 36.5 Å². The molecule has 1 heterocycles. The predicted octanol–water partition coefficient (Wildman–Crippen LogP) is 3.66. The molecule has 190 valence electrons. The molecule has 9 heteroatoms. The van der Waals surface area contributed by atoms with Crippen molar-refractivity contribution >= 4 is 39.3 Å². The van der Waals surface area contributed by atoms with Crippen LogP contribution in [0.4, 0.5) is 0 Å². The smallest absolute Gasteiger partial charge is 0.243 e. The third-order valence-corrected chi connectivity index (χ3v) is 7.26. The van der Waals surface area contributed by atoms with Crippen LogP contribution in [-0.4, -0.2) is 41.3 Å². The van der Waals surface area contributed by atoms with Crippen LogP contribution in [0.3, 0.4) is 0 Å². The first-order valence-corrected chi connectivity index (χ1v) is 13.1. The van der Waals surface area contributed by atoms with Crippen molar-refractivity contribution in [2.24, 2.45) is 11.8 Å². The number of carbonyl (C=O) groups excluding carboxylic acids is 3. The van der Waals surface area contributed by atoms with Gasteiger partial charge in [0.05, 0.1) is 21.3 Å². The van der Waals surface area contributed by atoms with Crippen LogP contribution in [0.2, 0.25) is 0 Å². The second-order valence-electron chi connectivity index (χ2n) is 9.26. The summed E-state index contributed by atoms with van der Waals surface area (Å²) in [6, 6.07) is 6.98. The van der Waals surface area contributed by atoms with Crippen molar-refractivity contribution < 1.29 is 14.4 Å². The van der Waals surface area contributed by atoms with E-state index in [0.29, 0.717) is 5.92 Å². The molecule has 1 aromatic heterocycles. The Bertz CT molecular complexity index is 1070. The molecule has 2 aromatic rings. The lowest BCUT2D eigenvalue weighted by atomic mass is 9.98. The van der Waals surface area contributed by atoms with Crippen LogP contribution < -0.4 is 16.0 Å². The van der Waals surface area contributed by atoms with Gasteiger partial charge in [0.1, 0.15) is 12.0 Å². The van der Waals surface area contributed by atoms with Crippen molar-refractivity contribution in [2.75, 3.05) is 6.54 Å². The van der Waals surface area contributed by atoms with Crippen molar-refractivity contribution in [3.05, 3.63) is 28.8 Å². The number of benzene rings is 1. The van der Waals surface area contributed by atoms with E-state index in [9.17, 15) is 14.4 Å². The Morgan fingerprint density at radius 1 is 1.09 bits per heavy atom. The van der Waals surface area contributed by atoms with Gasteiger partial charge in [0.2, 0.25) is 17.7 Å². The highest BCUT2D eigenvalue weighted by atomic mass is 32.1. The summed E-state index contributed by atoms with van der Waals surface area (Å²) in [6.45, 7) is 11.8. The van der Waals surface area contributed by atoms with Crippen LogP contribution >= 0.6 is 11.3 Å². The minimum atomic E-state index is -0.784. The van der Waals surface area contributed by atoms with Crippen LogP contribution in [0.25, 0.3) is 10.2 Å². The van der Waals surface area contributed by atoms with E-state index in [1.807, 2.05) is 26.0 Å². The summed E-state index contributed by atoms with van der Waals surface area (Å²) in [6.07, 6.45) is 1.33. The molecule has 3 N–H and O–H groups in total. The van der Waals surface area contributed by atoms with E-state index in [-0.39, 0.29) is 49.1 Å². The first-order chi connectivity index (χ1) is 16.6. The largest absolute Gasteiger partial charge is 0.353 e. The van der Waals surface area contributed by atoms with Gasteiger partial charge >= 0.3 is 0 Å². The molecule has 0 saturated carbocycles. The van der Waals surface area contributed by atoms with Crippen LogP contribution in [-0.2, 0) is 20.8 Å². The van der Waals surface area contributed by atoms with Gasteiger partial charge in [-0.25, -0.2) is 4.98 Å². The van der Waals surface area contributed by atoms with E-state index in [1.165, 1.54) is 23.8 Å². The SMILES string of the molecule is CCC(=O)N[C@@H](Cc1nc2ccc(C(C)C)cc2s1)C(=O)N[C@H](CNC(=O)C(C)C#N)[C@@H](C)CC. The molecule has 0 saturated heterocycles. The number of fused-ring (bicyclic) bond motifs is 1. The summed E-state index contributed by atoms with van der Waals surface area (Å²) in [7, 11) is 0. The number of aromatic nitrogens is 1. The van der Waals surface area contributed by atoms with E-state index in [1.54, 1.807) is 6.92 Å². The zero-order valence-corrected chi connectivity index (χ0v) is 22.3. The number of hydrogen-bond donors (Lipinski definition) is 3. The Morgan fingerprint density at radius 3 is 2.40 bits per heavy atom. The number of rotatable bonds is 12. The van der Waals surface area contributed by atoms with Crippen molar-refractivity contribution in [2.45, 2.75) is 78.8 Å². The Labute approximate surface area is 211 Å². The maximum absolute atomic E-state index is 13.3. The Hall–Kier alpha value is -2.99. The number of nitriles is 1. The second-order valence-corrected chi connectivity index (χ2v) is 10.4. The number of thiazole rings is 1. The molecule has 0 radical (unpaired) electrons. The molecular formula is C26H37N5O3S. The van der Waals surface area contributed by atoms with Gasteiger partial charge in [0, 0.05) is 25.4 Å². The van der Waals surface area contributed by atoms with Gasteiger partial charge in [-0.3, -0.25) is 14.4 Å². The van der Waals surface area contributed by atoms with Crippen LogP contribution in [0.5, 0.6) is 0 Å². The van der Waals surface area contributed by atoms with Gasteiger partial charge in [-0.2, -0.15) is 5.26 Å². The third-order valence-electron chi connectivity index (χ3n) is 6.22. The summed E-state index contributed by atoms with van der Waals surface area (Å²) >= 11 is 1.53. The summed E-state index contributed by atoms with van der Waals surface area (Å²) in [5.41, 5.74) is 2.10. The molecule has 0 fully saturated rings. The molecule has 8 nitrogen and oxygen atoms in total. The number of nitrogens with one attached hydrogen (secondary N) is 3. The quantitative estimate of drug-likeness (QED) is 0.411. The highest BCUT2D eigenvalue weighted by Crippen LogP contribution is 2.27. The maximum atomic E-state index is 13.3. The predicted molar refractivity (Wildman–Crippen MR) is 139 cm³/mol. The average molecular weight is 500 g/mol. The highest BCUT2D eigenvalue weighted by Gasteiger charge is 2.27. The van der Waals surface area contributed by atoms with Crippen molar-refractivity contribution in [3.8, 4) is 6.07 Å². The van der Waals surface area contributed by atoms with Crippen molar-refractivity contribution in [1.29, 1.82) is 5.26 Å². The summed E-state index contributed by atoms with van der Waals surface area (Å²) in [5.74, 6) is -1.19. The molecule has 2 rings (SSSR count). The van der Waals surface area contributed by atoms with Crippen molar-refractivity contribution in [3.63, 3.8) is 0 Å². The first kappa shape index (κ1) is 28.2. The molecule has 4 atom stereocenters. The lowest BCUT2D eigenvalue weighted by Crippen LogP contribution is -2.54. The molecule has 0 aliphatic heterocycles. The van der Waals surface area contributed by atoms with E-state index in [2.05, 4.69) is 46.9 Å². The average Bonchev–Trinajstić information content (AvgIpc) is 3.25. The fraction of sp³-hybridized carbons (Fsp3) is 0.577. The molecule has 0 aliphatic carbocycles. The maximum Gasteiger partial charge on any atom is 0.243 e.